The third kappa shape index (κ3) is 4.44. The summed E-state index contributed by atoms with van der Waals surface area (Å²) >= 11 is 0. The minimum atomic E-state index is -2.77. The molecule has 0 spiro atoms. The van der Waals surface area contributed by atoms with Crippen molar-refractivity contribution in [2.75, 3.05) is 13.2 Å². The molecule has 1 aliphatic heterocycles. The summed E-state index contributed by atoms with van der Waals surface area (Å²) in [6.07, 6.45) is 1.09. The lowest BCUT2D eigenvalue weighted by Crippen LogP contribution is -2.33. The van der Waals surface area contributed by atoms with Crippen molar-refractivity contribution >= 4 is 0 Å². The van der Waals surface area contributed by atoms with Crippen molar-refractivity contribution in [1.29, 1.82) is 0 Å². The molecule has 19 heavy (non-hydrogen) atoms. The van der Waals surface area contributed by atoms with Crippen LogP contribution in [0, 0.1) is 5.92 Å². The molecule has 0 aliphatic carbocycles. The van der Waals surface area contributed by atoms with Crippen molar-refractivity contribution in [3.05, 3.63) is 29.8 Å². The maximum Gasteiger partial charge on any atom is 0.387 e. The summed E-state index contributed by atoms with van der Waals surface area (Å²) in [6.45, 7) is 1.75. The fourth-order valence-corrected chi connectivity index (χ4v) is 2.18. The number of ether oxygens (including phenoxy) is 2. The molecular formula is C14H19F2NO2. The molecular weight excluding hydrogens is 252 g/mol. The lowest BCUT2D eigenvalue weighted by Gasteiger charge is -2.19. The van der Waals surface area contributed by atoms with Crippen LogP contribution in [0.3, 0.4) is 0 Å². The highest BCUT2D eigenvalue weighted by atomic mass is 19.3. The monoisotopic (exact) mass is 271 g/mol. The van der Waals surface area contributed by atoms with Crippen molar-refractivity contribution in [2.24, 2.45) is 5.92 Å². The second kappa shape index (κ2) is 6.82. The van der Waals surface area contributed by atoms with Gasteiger partial charge in [-0.2, -0.15) is 8.78 Å². The van der Waals surface area contributed by atoms with E-state index in [1.807, 2.05) is 0 Å². The SMILES string of the molecule is CC(NCc1ccc(OC(F)F)cc1)C1CCOC1. The van der Waals surface area contributed by atoms with Crippen molar-refractivity contribution < 1.29 is 18.3 Å². The Hall–Kier alpha value is -1.20. The molecule has 0 amide bonds. The first kappa shape index (κ1) is 14.2. The number of benzene rings is 1. The molecule has 1 N–H and O–H groups in total. The van der Waals surface area contributed by atoms with Gasteiger partial charge >= 0.3 is 6.61 Å². The molecule has 1 aromatic rings. The van der Waals surface area contributed by atoms with Gasteiger partial charge in [-0.25, -0.2) is 0 Å². The van der Waals surface area contributed by atoms with E-state index in [0.717, 1.165) is 25.2 Å². The summed E-state index contributed by atoms with van der Waals surface area (Å²) in [5.41, 5.74) is 1.05. The molecule has 2 unspecified atom stereocenters. The van der Waals surface area contributed by atoms with Gasteiger partial charge in [-0.05, 0) is 37.0 Å². The van der Waals surface area contributed by atoms with Crippen LogP contribution >= 0.6 is 0 Å². The maximum atomic E-state index is 12.0. The van der Waals surface area contributed by atoms with Gasteiger partial charge in [0, 0.05) is 19.2 Å². The second-order valence-corrected chi connectivity index (χ2v) is 4.82. The topological polar surface area (TPSA) is 30.5 Å². The number of hydrogen-bond donors (Lipinski definition) is 1. The third-order valence-electron chi connectivity index (χ3n) is 3.45. The van der Waals surface area contributed by atoms with Gasteiger partial charge in [0.25, 0.3) is 0 Å². The summed E-state index contributed by atoms with van der Waals surface area (Å²) in [5, 5.41) is 3.43. The van der Waals surface area contributed by atoms with Crippen molar-refractivity contribution in [2.45, 2.75) is 32.5 Å². The number of rotatable bonds is 6. The van der Waals surface area contributed by atoms with Crippen LogP contribution in [-0.2, 0) is 11.3 Å². The molecule has 1 aliphatic rings. The number of hydrogen-bond acceptors (Lipinski definition) is 3. The van der Waals surface area contributed by atoms with Gasteiger partial charge in [-0.15, -0.1) is 0 Å². The molecule has 106 valence electrons. The highest BCUT2D eigenvalue weighted by molar-refractivity contribution is 5.27. The van der Waals surface area contributed by atoms with Crippen molar-refractivity contribution in [3.8, 4) is 5.75 Å². The average Bonchev–Trinajstić information content (AvgIpc) is 2.91. The zero-order chi connectivity index (χ0) is 13.7. The lowest BCUT2D eigenvalue weighted by atomic mass is 10.0. The molecule has 0 radical (unpaired) electrons. The Labute approximate surface area is 111 Å². The van der Waals surface area contributed by atoms with Crippen LogP contribution < -0.4 is 10.1 Å². The molecule has 1 saturated heterocycles. The smallest absolute Gasteiger partial charge is 0.387 e. The summed E-state index contributed by atoms with van der Waals surface area (Å²) in [7, 11) is 0. The standard InChI is InChI=1S/C14H19F2NO2/c1-10(12-6-7-18-9-12)17-8-11-2-4-13(5-3-11)19-14(15)16/h2-5,10,12,14,17H,6-9H2,1H3. The predicted molar refractivity (Wildman–Crippen MR) is 68.3 cm³/mol. The number of alkyl halides is 2. The third-order valence-corrected chi connectivity index (χ3v) is 3.45. The molecule has 1 fully saturated rings. The Morgan fingerprint density at radius 2 is 2.11 bits per heavy atom. The molecule has 2 atom stereocenters. The summed E-state index contributed by atoms with van der Waals surface area (Å²) in [5.74, 6) is 0.748. The minimum absolute atomic E-state index is 0.191. The number of halogens is 2. The van der Waals surface area contributed by atoms with Crippen molar-refractivity contribution in [1.82, 2.24) is 5.32 Å². The predicted octanol–water partition coefficient (Wildman–Crippen LogP) is 2.80. The molecule has 2 rings (SSSR count). The van der Waals surface area contributed by atoms with E-state index in [1.54, 1.807) is 24.3 Å². The Morgan fingerprint density at radius 1 is 1.37 bits per heavy atom. The first-order chi connectivity index (χ1) is 9.15. The minimum Gasteiger partial charge on any atom is -0.435 e. The first-order valence-electron chi connectivity index (χ1n) is 6.50. The van der Waals surface area contributed by atoms with Gasteiger partial charge in [-0.1, -0.05) is 12.1 Å². The first-order valence-corrected chi connectivity index (χ1v) is 6.50. The van der Waals surface area contributed by atoms with E-state index < -0.39 is 6.61 Å². The van der Waals surface area contributed by atoms with E-state index in [1.165, 1.54) is 0 Å². The molecule has 0 aromatic heterocycles. The quantitative estimate of drug-likeness (QED) is 0.863. The van der Waals surface area contributed by atoms with Crippen LogP contribution in [0.2, 0.25) is 0 Å². The van der Waals surface area contributed by atoms with Crippen LogP contribution in [0.4, 0.5) is 8.78 Å². The second-order valence-electron chi connectivity index (χ2n) is 4.82. The summed E-state index contributed by atoms with van der Waals surface area (Å²) in [6, 6.07) is 7.10. The molecule has 5 heteroatoms. The fourth-order valence-electron chi connectivity index (χ4n) is 2.18. The van der Waals surface area contributed by atoms with Gasteiger partial charge in [0.1, 0.15) is 5.75 Å². The van der Waals surface area contributed by atoms with E-state index in [2.05, 4.69) is 17.0 Å². The van der Waals surface area contributed by atoms with E-state index >= 15 is 0 Å². The van der Waals surface area contributed by atoms with Crippen LogP contribution in [-0.4, -0.2) is 25.9 Å². The summed E-state index contributed by atoms with van der Waals surface area (Å²) < 4.78 is 33.7. The Balaban J connectivity index is 1.79. The van der Waals surface area contributed by atoms with Crippen LogP contribution in [0.15, 0.2) is 24.3 Å². The van der Waals surface area contributed by atoms with Gasteiger partial charge in [0.05, 0.1) is 6.61 Å². The lowest BCUT2D eigenvalue weighted by molar-refractivity contribution is -0.0498. The average molecular weight is 271 g/mol. The highest BCUT2D eigenvalue weighted by Gasteiger charge is 2.21. The normalized spacial score (nSPS) is 20.7. The Kier molecular flexibility index (Phi) is 5.10. The van der Waals surface area contributed by atoms with E-state index in [-0.39, 0.29) is 5.75 Å². The largest absolute Gasteiger partial charge is 0.435 e. The molecule has 1 aromatic carbocycles. The van der Waals surface area contributed by atoms with E-state index in [0.29, 0.717) is 18.5 Å². The van der Waals surface area contributed by atoms with Gasteiger partial charge < -0.3 is 14.8 Å². The van der Waals surface area contributed by atoms with Crippen LogP contribution in [0.25, 0.3) is 0 Å². The molecule has 0 bridgehead atoms. The van der Waals surface area contributed by atoms with E-state index in [4.69, 9.17) is 4.74 Å². The molecule has 1 heterocycles. The molecule has 0 saturated carbocycles. The zero-order valence-corrected chi connectivity index (χ0v) is 10.9. The van der Waals surface area contributed by atoms with Crippen molar-refractivity contribution in [3.63, 3.8) is 0 Å². The Morgan fingerprint density at radius 3 is 2.68 bits per heavy atom. The zero-order valence-electron chi connectivity index (χ0n) is 10.9. The fraction of sp³-hybridized carbons (Fsp3) is 0.571. The Bertz CT molecular complexity index is 378. The molecule has 3 nitrogen and oxygen atoms in total. The van der Waals surface area contributed by atoms with Gasteiger partial charge in [0.15, 0.2) is 0 Å². The van der Waals surface area contributed by atoms with E-state index in [9.17, 15) is 8.78 Å². The van der Waals surface area contributed by atoms with Crippen LogP contribution in [0.1, 0.15) is 18.9 Å². The van der Waals surface area contributed by atoms with Crippen LogP contribution in [0.5, 0.6) is 5.75 Å². The summed E-state index contributed by atoms with van der Waals surface area (Å²) in [4.78, 5) is 0. The van der Waals surface area contributed by atoms with Gasteiger partial charge in [0.2, 0.25) is 0 Å². The van der Waals surface area contributed by atoms with Gasteiger partial charge in [-0.3, -0.25) is 0 Å². The number of nitrogens with one attached hydrogen (secondary N) is 1. The maximum absolute atomic E-state index is 12.0. The highest BCUT2D eigenvalue weighted by Crippen LogP contribution is 2.18.